The zero-order valence-corrected chi connectivity index (χ0v) is 13.2. The van der Waals surface area contributed by atoms with Gasteiger partial charge in [-0.3, -0.25) is 9.48 Å². The first-order chi connectivity index (χ1) is 9.99. The lowest BCUT2D eigenvalue weighted by molar-refractivity contribution is 0.0984. The highest BCUT2D eigenvalue weighted by Crippen LogP contribution is 2.34. The molecule has 0 fully saturated rings. The monoisotopic (exact) mass is 303 g/mol. The van der Waals surface area contributed by atoms with Gasteiger partial charge in [-0.25, -0.2) is 0 Å². The van der Waals surface area contributed by atoms with Gasteiger partial charge in [0.15, 0.2) is 5.69 Å². The van der Waals surface area contributed by atoms with Gasteiger partial charge in [-0.2, -0.15) is 5.10 Å². The van der Waals surface area contributed by atoms with Crippen LogP contribution in [0.25, 0.3) is 0 Å². The van der Waals surface area contributed by atoms with Crippen LogP contribution in [0.5, 0.6) is 0 Å². The van der Waals surface area contributed by atoms with Crippen molar-refractivity contribution in [2.45, 2.75) is 26.2 Å². The van der Waals surface area contributed by atoms with E-state index in [1.54, 1.807) is 9.58 Å². The predicted molar refractivity (Wildman–Crippen MR) is 84.1 cm³/mol. The van der Waals surface area contributed by atoms with Crippen molar-refractivity contribution in [3.05, 3.63) is 46.2 Å². The lowest BCUT2D eigenvalue weighted by atomic mass is 10.1. The number of amides is 1. The molecule has 1 aliphatic heterocycles. The molecule has 0 atom stereocenters. The van der Waals surface area contributed by atoms with E-state index in [1.165, 1.54) is 0 Å². The van der Waals surface area contributed by atoms with Gasteiger partial charge in [-0.05, 0) is 36.1 Å². The number of carbonyl (C=O) groups is 1. The molecule has 3 rings (SSSR count). The Morgan fingerprint density at radius 1 is 1.38 bits per heavy atom. The molecule has 4 nitrogen and oxygen atoms in total. The molecule has 110 valence electrons. The summed E-state index contributed by atoms with van der Waals surface area (Å²) in [5, 5.41) is 5.09. The predicted octanol–water partition coefficient (Wildman–Crippen LogP) is 3.40. The summed E-state index contributed by atoms with van der Waals surface area (Å²) in [6, 6.07) is 7.57. The van der Waals surface area contributed by atoms with Crippen molar-refractivity contribution in [3.63, 3.8) is 0 Å². The number of rotatable bonds is 2. The maximum atomic E-state index is 12.7. The van der Waals surface area contributed by atoms with E-state index in [4.69, 9.17) is 11.6 Å². The largest absolute Gasteiger partial charge is 0.306 e. The fourth-order valence-electron chi connectivity index (χ4n) is 2.87. The van der Waals surface area contributed by atoms with E-state index in [0.29, 0.717) is 18.2 Å². The Labute approximate surface area is 129 Å². The number of aryl methyl sites for hydroxylation is 1. The summed E-state index contributed by atoms with van der Waals surface area (Å²) in [5.41, 5.74) is 3.51. The Bertz CT molecular complexity index is 706. The van der Waals surface area contributed by atoms with E-state index in [1.807, 2.05) is 31.3 Å². The second-order valence-corrected chi connectivity index (χ2v) is 6.08. The molecule has 1 aliphatic rings. The Morgan fingerprint density at radius 2 is 2.14 bits per heavy atom. The first-order valence-electron chi connectivity index (χ1n) is 7.12. The lowest BCUT2D eigenvalue weighted by Crippen LogP contribution is -2.29. The maximum Gasteiger partial charge on any atom is 0.278 e. The Hall–Kier alpha value is -1.81. The van der Waals surface area contributed by atoms with Crippen molar-refractivity contribution >= 4 is 23.2 Å². The van der Waals surface area contributed by atoms with Crippen molar-refractivity contribution in [3.8, 4) is 0 Å². The summed E-state index contributed by atoms with van der Waals surface area (Å²) in [6.45, 7) is 4.85. The molecule has 5 heteroatoms. The number of carbonyl (C=O) groups excluding carboxylic acids is 1. The molecule has 2 heterocycles. The molecule has 0 saturated heterocycles. The molecular formula is C16H18ClN3O. The van der Waals surface area contributed by atoms with E-state index < -0.39 is 0 Å². The van der Waals surface area contributed by atoms with Gasteiger partial charge in [0.05, 0.1) is 0 Å². The van der Waals surface area contributed by atoms with E-state index in [9.17, 15) is 4.79 Å². The standard InChI is InChI=1S/C16H18ClN3O/c1-10(2)15-9-13(18-19(15)3)16(21)20-8-7-11-12(17)5-4-6-14(11)20/h4-6,9-10H,7-8H2,1-3H3. The van der Waals surface area contributed by atoms with E-state index in [0.717, 1.165) is 28.4 Å². The van der Waals surface area contributed by atoms with Gasteiger partial charge in [0.1, 0.15) is 0 Å². The van der Waals surface area contributed by atoms with Crippen LogP contribution in [-0.2, 0) is 13.5 Å². The van der Waals surface area contributed by atoms with Crippen LogP contribution in [0.15, 0.2) is 24.3 Å². The fourth-order valence-corrected chi connectivity index (χ4v) is 3.13. The summed E-state index contributed by atoms with van der Waals surface area (Å²) in [4.78, 5) is 14.5. The maximum absolute atomic E-state index is 12.7. The summed E-state index contributed by atoms with van der Waals surface area (Å²) < 4.78 is 1.78. The molecule has 2 aromatic rings. The molecule has 21 heavy (non-hydrogen) atoms. The average Bonchev–Trinajstić information content (AvgIpc) is 3.02. The number of halogens is 1. The molecular weight excluding hydrogens is 286 g/mol. The third kappa shape index (κ3) is 2.33. The Morgan fingerprint density at radius 3 is 2.81 bits per heavy atom. The van der Waals surface area contributed by atoms with Gasteiger partial charge in [-0.15, -0.1) is 0 Å². The summed E-state index contributed by atoms with van der Waals surface area (Å²) in [7, 11) is 1.88. The SMILES string of the molecule is CC(C)c1cc(C(=O)N2CCc3c(Cl)cccc32)nn1C. The van der Waals surface area contributed by atoms with Crippen LogP contribution < -0.4 is 4.90 Å². The van der Waals surface area contributed by atoms with Crippen molar-refractivity contribution in [1.82, 2.24) is 9.78 Å². The van der Waals surface area contributed by atoms with Crippen LogP contribution in [0.4, 0.5) is 5.69 Å². The third-order valence-electron chi connectivity index (χ3n) is 3.94. The molecule has 1 aromatic heterocycles. The minimum atomic E-state index is -0.0569. The topological polar surface area (TPSA) is 38.1 Å². The Balaban J connectivity index is 1.95. The second kappa shape index (κ2) is 5.19. The molecule has 0 unspecified atom stereocenters. The number of hydrogen-bond acceptors (Lipinski definition) is 2. The van der Waals surface area contributed by atoms with E-state index in [2.05, 4.69) is 18.9 Å². The van der Waals surface area contributed by atoms with Gasteiger partial charge in [0.25, 0.3) is 5.91 Å². The molecule has 1 aromatic carbocycles. The van der Waals surface area contributed by atoms with E-state index >= 15 is 0 Å². The van der Waals surface area contributed by atoms with Crippen molar-refractivity contribution in [2.75, 3.05) is 11.4 Å². The lowest BCUT2D eigenvalue weighted by Gasteiger charge is -2.15. The normalized spacial score (nSPS) is 13.9. The smallest absolute Gasteiger partial charge is 0.278 e. The van der Waals surface area contributed by atoms with Crippen molar-refractivity contribution in [1.29, 1.82) is 0 Å². The molecule has 1 amide bonds. The molecule has 0 spiro atoms. The zero-order valence-electron chi connectivity index (χ0n) is 12.4. The van der Waals surface area contributed by atoms with Crippen molar-refractivity contribution in [2.24, 2.45) is 7.05 Å². The molecule has 0 N–H and O–H groups in total. The quantitative estimate of drug-likeness (QED) is 0.853. The third-order valence-corrected chi connectivity index (χ3v) is 4.30. The molecule has 0 saturated carbocycles. The van der Waals surface area contributed by atoms with E-state index in [-0.39, 0.29) is 5.91 Å². The average molecular weight is 304 g/mol. The highest BCUT2D eigenvalue weighted by molar-refractivity contribution is 6.32. The number of nitrogens with zero attached hydrogens (tertiary/aromatic N) is 3. The number of aromatic nitrogens is 2. The number of fused-ring (bicyclic) bond motifs is 1. The molecule has 0 radical (unpaired) electrons. The van der Waals surface area contributed by atoms with Crippen LogP contribution in [-0.4, -0.2) is 22.2 Å². The summed E-state index contributed by atoms with van der Waals surface area (Å²) in [5.74, 6) is 0.280. The van der Waals surface area contributed by atoms with Crippen LogP contribution in [0, 0.1) is 0 Å². The number of anilines is 1. The minimum Gasteiger partial charge on any atom is -0.306 e. The van der Waals surface area contributed by atoms with Crippen LogP contribution in [0.2, 0.25) is 5.02 Å². The van der Waals surface area contributed by atoms with Gasteiger partial charge in [-0.1, -0.05) is 31.5 Å². The first kappa shape index (κ1) is 14.1. The van der Waals surface area contributed by atoms with Crippen molar-refractivity contribution < 1.29 is 4.79 Å². The van der Waals surface area contributed by atoms with Gasteiger partial charge in [0, 0.05) is 30.0 Å². The number of benzene rings is 1. The molecule has 0 aliphatic carbocycles. The zero-order chi connectivity index (χ0) is 15.1. The van der Waals surface area contributed by atoms with Gasteiger partial charge in [0.2, 0.25) is 0 Å². The minimum absolute atomic E-state index is 0.0569. The summed E-state index contributed by atoms with van der Waals surface area (Å²) in [6.07, 6.45) is 0.796. The summed E-state index contributed by atoms with van der Waals surface area (Å²) >= 11 is 6.20. The number of hydrogen-bond donors (Lipinski definition) is 0. The Kier molecular flexibility index (Phi) is 3.49. The second-order valence-electron chi connectivity index (χ2n) is 5.68. The highest BCUT2D eigenvalue weighted by atomic mass is 35.5. The molecule has 0 bridgehead atoms. The van der Waals surface area contributed by atoms with Crippen LogP contribution in [0.1, 0.15) is 41.5 Å². The fraction of sp³-hybridized carbons (Fsp3) is 0.375. The highest BCUT2D eigenvalue weighted by Gasteiger charge is 2.28. The first-order valence-corrected chi connectivity index (χ1v) is 7.50. The van der Waals surface area contributed by atoms with Gasteiger partial charge >= 0.3 is 0 Å². The van der Waals surface area contributed by atoms with Crippen LogP contribution >= 0.6 is 11.6 Å². The van der Waals surface area contributed by atoms with Crippen LogP contribution in [0.3, 0.4) is 0 Å². The van der Waals surface area contributed by atoms with Gasteiger partial charge < -0.3 is 4.90 Å².